The average Bonchev–Trinajstić information content (AvgIpc) is 3.43. The maximum Gasteiger partial charge on any atom is 0.271 e. The number of rotatable bonds is 5. The Morgan fingerprint density at radius 3 is 2.43 bits per heavy atom. The highest BCUT2D eigenvalue weighted by Gasteiger charge is 2.20. The van der Waals surface area contributed by atoms with Crippen LogP contribution in [0.15, 0.2) is 64.2 Å². The van der Waals surface area contributed by atoms with Gasteiger partial charge in [-0.15, -0.1) is 11.3 Å². The standard InChI is InChI=1S/C21H19N3O4S2/c25-20(16-11-10-14-5-3-6-15(14)13-16)22-23-21(26)17-7-1-2-8-18(17)24-30(27,28)19-9-4-12-29-19/h1-2,4,7-13,24H,3,5-6H2,(H,22,25)(H,23,26). The number of thiophene rings is 1. The van der Waals surface area contributed by atoms with Crippen molar-refractivity contribution in [2.45, 2.75) is 23.5 Å². The van der Waals surface area contributed by atoms with Gasteiger partial charge < -0.3 is 0 Å². The van der Waals surface area contributed by atoms with Crippen LogP contribution in [0, 0.1) is 0 Å². The molecule has 2 aromatic carbocycles. The zero-order valence-electron chi connectivity index (χ0n) is 15.8. The van der Waals surface area contributed by atoms with Crippen LogP contribution in [0.4, 0.5) is 5.69 Å². The Balaban J connectivity index is 1.46. The number of aryl methyl sites for hydroxylation is 2. The third-order valence-electron chi connectivity index (χ3n) is 4.83. The number of carbonyl (C=O) groups excluding carboxylic acids is 2. The van der Waals surface area contributed by atoms with Gasteiger partial charge in [-0.1, -0.05) is 24.3 Å². The van der Waals surface area contributed by atoms with Crippen molar-refractivity contribution in [1.82, 2.24) is 10.9 Å². The van der Waals surface area contributed by atoms with Gasteiger partial charge in [0, 0.05) is 5.56 Å². The number of sulfonamides is 1. The van der Waals surface area contributed by atoms with Gasteiger partial charge in [0.2, 0.25) is 0 Å². The molecule has 0 unspecified atom stereocenters. The van der Waals surface area contributed by atoms with Gasteiger partial charge in [-0.3, -0.25) is 25.2 Å². The molecule has 0 spiro atoms. The lowest BCUT2D eigenvalue weighted by Gasteiger charge is -2.13. The van der Waals surface area contributed by atoms with Crippen molar-refractivity contribution in [2.24, 2.45) is 0 Å². The number of amides is 2. The van der Waals surface area contributed by atoms with E-state index >= 15 is 0 Å². The minimum atomic E-state index is -3.80. The number of hydrogen-bond donors (Lipinski definition) is 3. The molecule has 0 aliphatic heterocycles. The number of carbonyl (C=O) groups is 2. The molecule has 1 aliphatic carbocycles. The van der Waals surface area contributed by atoms with Gasteiger partial charge in [0.15, 0.2) is 0 Å². The summed E-state index contributed by atoms with van der Waals surface area (Å²) in [5.74, 6) is -1.07. The summed E-state index contributed by atoms with van der Waals surface area (Å²) in [4.78, 5) is 25.0. The molecule has 154 valence electrons. The van der Waals surface area contributed by atoms with E-state index in [0.717, 1.165) is 36.2 Å². The molecular formula is C21H19N3O4S2. The molecule has 0 bridgehead atoms. The third kappa shape index (κ3) is 4.22. The number of fused-ring (bicyclic) bond motifs is 1. The Bertz CT molecular complexity index is 1200. The highest BCUT2D eigenvalue weighted by molar-refractivity contribution is 7.94. The van der Waals surface area contributed by atoms with Crippen molar-refractivity contribution in [2.75, 3.05) is 4.72 Å². The summed E-state index contributed by atoms with van der Waals surface area (Å²) in [7, 11) is -3.80. The van der Waals surface area contributed by atoms with Crippen molar-refractivity contribution in [3.05, 3.63) is 82.2 Å². The monoisotopic (exact) mass is 441 g/mol. The fraction of sp³-hybridized carbons (Fsp3) is 0.143. The second-order valence-electron chi connectivity index (χ2n) is 6.83. The molecule has 3 N–H and O–H groups in total. The number of anilines is 1. The van der Waals surface area contributed by atoms with Gasteiger partial charge in [-0.25, -0.2) is 8.42 Å². The lowest BCUT2D eigenvalue weighted by atomic mass is 10.1. The molecule has 7 nitrogen and oxygen atoms in total. The smallest absolute Gasteiger partial charge is 0.271 e. The van der Waals surface area contributed by atoms with E-state index < -0.39 is 21.8 Å². The summed E-state index contributed by atoms with van der Waals surface area (Å²) < 4.78 is 27.5. The molecule has 30 heavy (non-hydrogen) atoms. The maximum atomic E-state index is 12.6. The molecule has 1 aliphatic rings. The Morgan fingerprint density at radius 1 is 0.867 bits per heavy atom. The lowest BCUT2D eigenvalue weighted by Crippen LogP contribution is -2.42. The van der Waals surface area contributed by atoms with Crippen molar-refractivity contribution < 1.29 is 18.0 Å². The van der Waals surface area contributed by atoms with Gasteiger partial charge in [0.05, 0.1) is 11.3 Å². The van der Waals surface area contributed by atoms with Gasteiger partial charge in [0.1, 0.15) is 4.21 Å². The molecule has 0 fully saturated rings. The normalized spacial score (nSPS) is 12.8. The quantitative estimate of drug-likeness (QED) is 0.529. The minimum Gasteiger partial charge on any atom is -0.278 e. The van der Waals surface area contributed by atoms with Gasteiger partial charge in [-0.2, -0.15) is 0 Å². The van der Waals surface area contributed by atoms with Gasteiger partial charge in [-0.05, 0) is 66.1 Å². The second kappa shape index (κ2) is 8.29. The predicted octanol–water partition coefficient (Wildman–Crippen LogP) is 3.11. The Labute approximate surface area is 178 Å². The summed E-state index contributed by atoms with van der Waals surface area (Å²) in [5, 5.41) is 1.65. The van der Waals surface area contributed by atoms with E-state index in [9.17, 15) is 18.0 Å². The molecule has 2 amide bonds. The van der Waals surface area contributed by atoms with Crippen LogP contribution in [-0.4, -0.2) is 20.2 Å². The summed E-state index contributed by atoms with van der Waals surface area (Å²) in [6.07, 6.45) is 3.04. The topological polar surface area (TPSA) is 104 Å². The molecule has 0 radical (unpaired) electrons. The molecular weight excluding hydrogens is 422 g/mol. The SMILES string of the molecule is O=C(NNC(=O)c1ccccc1NS(=O)(=O)c1cccs1)c1ccc2c(c1)CCC2. The number of hydrogen-bond acceptors (Lipinski definition) is 5. The van der Waals surface area contributed by atoms with E-state index in [0.29, 0.717) is 5.56 Å². The molecule has 0 saturated carbocycles. The molecule has 1 heterocycles. The number of benzene rings is 2. The summed E-state index contributed by atoms with van der Waals surface area (Å²) in [5.41, 5.74) is 7.83. The largest absolute Gasteiger partial charge is 0.278 e. The number of hydrazine groups is 1. The van der Waals surface area contributed by atoms with Crippen molar-refractivity contribution >= 4 is 38.9 Å². The molecule has 3 aromatic rings. The van der Waals surface area contributed by atoms with Crippen molar-refractivity contribution in [3.8, 4) is 0 Å². The highest BCUT2D eigenvalue weighted by atomic mass is 32.2. The maximum absolute atomic E-state index is 12.6. The Kier molecular flexibility index (Phi) is 5.56. The summed E-state index contributed by atoms with van der Waals surface area (Å²) in [6.45, 7) is 0. The molecule has 0 atom stereocenters. The first-order valence-electron chi connectivity index (χ1n) is 9.32. The van der Waals surface area contributed by atoms with E-state index in [1.165, 1.54) is 23.8 Å². The van der Waals surface area contributed by atoms with Crippen LogP contribution in [0.5, 0.6) is 0 Å². The van der Waals surface area contributed by atoms with Crippen LogP contribution >= 0.6 is 11.3 Å². The van der Waals surface area contributed by atoms with E-state index in [4.69, 9.17) is 0 Å². The number of para-hydroxylation sites is 1. The molecule has 1 aromatic heterocycles. The van der Waals surface area contributed by atoms with Gasteiger partial charge in [0.25, 0.3) is 21.8 Å². The lowest BCUT2D eigenvalue weighted by molar-refractivity contribution is 0.0847. The minimum absolute atomic E-state index is 0.0897. The molecule has 4 rings (SSSR count). The van der Waals surface area contributed by atoms with Crippen molar-refractivity contribution in [1.29, 1.82) is 0 Å². The van der Waals surface area contributed by atoms with Crippen LogP contribution in [0.1, 0.15) is 38.3 Å². The van der Waals surface area contributed by atoms with E-state index in [1.54, 1.807) is 29.6 Å². The van der Waals surface area contributed by atoms with Crippen LogP contribution in [-0.2, 0) is 22.9 Å². The first-order chi connectivity index (χ1) is 14.4. The van der Waals surface area contributed by atoms with Crippen LogP contribution in [0.25, 0.3) is 0 Å². The van der Waals surface area contributed by atoms with E-state index in [2.05, 4.69) is 15.6 Å². The Hall–Kier alpha value is -3.17. The van der Waals surface area contributed by atoms with E-state index in [-0.39, 0.29) is 15.5 Å². The first-order valence-corrected chi connectivity index (χ1v) is 11.7. The third-order valence-corrected chi connectivity index (χ3v) is 7.59. The highest BCUT2D eigenvalue weighted by Crippen LogP contribution is 2.24. The van der Waals surface area contributed by atoms with Crippen LogP contribution in [0.3, 0.4) is 0 Å². The van der Waals surface area contributed by atoms with Crippen LogP contribution in [0.2, 0.25) is 0 Å². The molecule has 9 heteroatoms. The fourth-order valence-corrected chi connectivity index (χ4v) is 5.42. The second-order valence-corrected chi connectivity index (χ2v) is 9.69. The fourth-order valence-electron chi connectivity index (χ4n) is 3.35. The first kappa shape index (κ1) is 20.1. The molecule has 0 saturated heterocycles. The number of nitrogens with one attached hydrogen (secondary N) is 3. The van der Waals surface area contributed by atoms with Gasteiger partial charge >= 0.3 is 0 Å². The average molecular weight is 442 g/mol. The van der Waals surface area contributed by atoms with Crippen molar-refractivity contribution in [3.63, 3.8) is 0 Å². The predicted molar refractivity (Wildman–Crippen MR) is 115 cm³/mol. The van der Waals surface area contributed by atoms with E-state index in [1.807, 2.05) is 12.1 Å². The van der Waals surface area contributed by atoms with Crippen LogP contribution < -0.4 is 15.6 Å². The Morgan fingerprint density at radius 2 is 1.63 bits per heavy atom. The summed E-state index contributed by atoms with van der Waals surface area (Å²) in [6, 6.07) is 14.8. The zero-order valence-corrected chi connectivity index (χ0v) is 17.5. The summed E-state index contributed by atoms with van der Waals surface area (Å²) >= 11 is 1.08. The zero-order chi connectivity index (χ0) is 21.1.